The smallest absolute Gasteiger partial charge is 0.116 e. The topological polar surface area (TPSA) is 40.5 Å². The molecule has 0 saturated heterocycles. The van der Waals surface area contributed by atoms with Crippen molar-refractivity contribution in [2.45, 2.75) is 13.0 Å². The van der Waals surface area contributed by atoms with Crippen molar-refractivity contribution < 1.29 is 10.2 Å². The fourth-order valence-corrected chi connectivity index (χ4v) is 1.66. The van der Waals surface area contributed by atoms with Gasteiger partial charge in [0.05, 0.1) is 6.10 Å². The number of fused-ring (bicyclic) bond motifs is 1. The first-order valence-electron chi connectivity index (χ1n) is 4.58. The number of rotatable bonds is 1. The summed E-state index contributed by atoms with van der Waals surface area (Å²) >= 11 is 0. The van der Waals surface area contributed by atoms with Crippen LogP contribution in [0, 0.1) is 0 Å². The Balaban J connectivity index is 2.75. The normalized spacial score (nSPS) is 13.0. The van der Waals surface area contributed by atoms with Crippen LogP contribution in [0.5, 0.6) is 5.75 Å². The van der Waals surface area contributed by atoms with E-state index < -0.39 is 6.10 Å². The number of phenols is 1. The zero-order valence-corrected chi connectivity index (χ0v) is 7.94. The monoisotopic (exact) mass is 188 g/mol. The average molecular weight is 188 g/mol. The molecule has 2 aromatic rings. The fourth-order valence-electron chi connectivity index (χ4n) is 1.66. The van der Waals surface area contributed by atoms with E-state index in [-0.39, 0.29) is 5.75 Å². The van der Waals surface area contributed by atoms with Gasteiger partial charge in [-0.05, 0) is 35.4 Å². The number of aromatic hydroxyl groups is 1. The fraction of sp³-hybridized carbons (Fsp3) is 0.167. The molecule has 2 N–H and O–H groups in total. The Hall–Kier alpha value is -1.54. The first-order valence-corrected chi connectivity index (χ1v) is 4.58. The molecule has 1 atom stereocenters. The number of hydrogen-bond donors (Lipinski definition) is 2. The maximum Gasteiger partial charge on any atom is 0.116 e. The molecule has 0 unspecified atom stereocenters. The van der Waals surface area contributed by atoms with Crippen LogP contribution < -0.4 is 0 Å². The third-order valence-corrected chi connectivity index (χ3v) is 2.35. The van der Waals surface area contributed by atoms with Gasteiger partial charge in [-0.15, -0.1) is 0 Å². The molecular formula is C12H12O2. The van der Waals surface area contributed by atoms with E-state index in [9.17, 15) is 10.2 Å². The minimum atomic E-state index is -0.483. The molecule has 0 aliphatic heterocycles. The SMILES string of the molecule is C[C@H](O)c1cccc2cc(O)ccc12. The second-order valence-electron chi connectivity index (χ2n) is 3.43. The summed E-state index contributed by atoms with van der Waals surface area (Å²) in [7, 11) is 0. The summed E-state index contributed by atoms with van der Waals surface area (Å²) < 4.78 is 0. The van der Waals surface area contributed by atoms with Gasteiger partial charge in [0.15, 0.2) is 0 Å². The van der Waals surface area contributed by atoms with Gasteiger partial charge in [0, 0.05) is 0 Å². The van der Waals surface area contributed by atoms with Crippen LogP contribution in [0.1, 0.15) is 18.6 Å². The predicted molar refractivity (Wildman–Crippen MR) is 56.2 cm³/mol. The summed E-state index contributed by atoms with van der Waals surface area (Å²) in [4.78, 5) is 0. The Morgan fingerprint density at radius 1 is 1.14 bits per heavy atom. The third-order valence-electron chi connectivity index (χ3n) is 2.35. The number of phenolic OH excluding ortho intramolecular Hbond substituents is 1. The summed E-state index contributed by atoms with van der Waals surface area (Å²) in [6, 6.07) is 10.8. The highest BCUT2D eigenvalue weighted by atomic mass is 16.3. The van der Waals surface area contributed by atoms with Crippen molar-refractivity contribution in [2.24, 2.45) is 0 Å². The molecule has 0 aliphatic carbocycles. The molecule has 0 heterocycles. The van der Waals surface area contributed by atoms with Gasteiger partial charge in [-0.3, -0.25) is 0 Å². The van der Waals surface area contributed by atoms with E-state index in [0.29, 0.717) is 0 Å². The zero-order chi connectivity index (χ0) is 10.1. The Morgan fingerprint density at radius 3 is 2.64 bits per heavy atom. The van der Waals surface area contributed by atoms with Crippen molar-refractivity contribution in [3.63, 3.8) is 0 Å². The highest BCUT2D eigenvalue weighted by molar-refractivity contribution is 5.87. The molecular weight excluding hydrogens is 176 g/mol. The molecule has 2 rings (SSSR count). The predicted octanol–water partition coefficient (Wildman–Crippen LogP) is 2.60. The van der Waals surface area contributed by atoms with Gasteiger partial charge in [0.2, 0.25) is 0 Å². The van der Waals surface area contributed by atoms with Crippen molar-refractivity contribution in [3.05, 3.63) is 42.0 Å². The van der Waals surface area contributed by atoms with Gasteiger partial charge in [0.1, 0.15) is 5.75 Å². The number of benzene rings is 2. The summed E-state index contributed by atoms with van der Waals surface area (Å²) in [5, 5.41) is 20.8. The molecule has 0 aliphatic rings. The molecule has 0 radical (unpaired) electrons. The van der Waals surface area contributed by atoms with E-state index in [1.807, 2.05) is 24.3 Å². The van der Waals surface area contributed by atoms with Gasteiger partial charge in [-0.25, -0.2) is 0 Å². The van der Waals surface area contributed by atoms with Crippen LogP contribution >= 0.6 is 0 Å². The second-order valence-corrected chi connectivity index (χ2v) is 3.43. The van der Waals surface area contributed by atoms with Gasteiger partial charge in [-0.1, -0.05) is 24.3 Å². The third kappa shape index (κ3) is 1.44. The largest absolute Gasteiger partial charge is 0.508 e. The molecule has 72 valence electrons. The average Bonchev–Trinajstić information content (AvgIpc) is 2.16. The summed E-state index contributed by atoms with van der Waals surface area (Å²) in [6.07, 6.45) is -0.483. The molecule has 0 amide bonds. The Bertz CT molecular complexity index is 461. The lowest BCUT2D eigenvalue weighted by Crippen LogP contribution is -1.91. The van der Waals surface area contributed by atoms with Crippen molar-refractivity contribution in [1.29, 1.82) is 0 Å². The lowest BCUT2D eigenvalue weighted by atomic mass is 10.0. The van der Waals surface area contributed by atoms with Gasteiger partial charge < -0.3 is 10.2 Å². The van der Waals surface area contributed by atoms with E-state index in [0.717, 1.165) is 16.3 Å². The maximum atomic E-state index is 9.53. The highest BCUT2D eigenvalue weighted by Crippen LogP contribution is 2.26. The molecule has 14 heavy (non-hydrogen) atoms. The quantitative estimate of drug-likeness (QED) is 0.722. The lowest BCUT2D eigenvalue weighted by molar-refractivity contribution is 0.201. The van der Waals surface area contributed by atoms with Crippen LogP contribution in [-0.2, 0) is 0 Å². The van der Waals surface area contributed by atoms with Gasteiger partial charge >= 0.3 is 0 Å². The Kier molecular flexibility index (Phi) is 2.14. The molecule has 2 nitrogen and oxygen atoms in total. The molecule has 0 saturated carbocycles. The molecule has 0 fully saturated rings. The van der Waals surface area contributed by atoms with Crippen LogP contribution in [0.4, 0.5) is 0 Å². The van der Waals surface area contributed by atoms with Crippen LogP contribution in [0.3, 0.4) is 0 Å². The Labute approximate surface area is 82.4 Å². The summed E-state index contributed by atoms with van der Waals surface area (Å²) in [5.74, 6) is 0.250. The zero-order valence-electron chi connectivity index (χ0n) is 7.94. The molecule has 0 bridgehead atoms. The number of hydrogen-bond acceptors (Lipinski definition) is 2. The lowest BCUT2D eigenvalue weighted by Gasteiger charge is -2.08. The van der Waals surface area contributed by atoms with E-state index in [4.69, 9.17) is 0 Å². The van der Waals surface area contributed by atoms with Gasteiger partial charge in [0.25, 0.3) is 0 Å². The van der Waals surface area contributed by atoms with Gasteiger partial charge in [-0.2, -0.15) is 0 Å². The van der Waals surface area contributed by atoms with Crippen molar-refractivity contribution in [3.8, 4) is 5.75 Å². The standard InChI is InChI=1S/C12H12O2/c1-8(13)11-4-2-3-9-7-10(14)5-6-12(9)11/h2-8,13-14H,1H3/t8-/m0/s1. The summed E-state index contributed by atoms with van der Waals surface area (Å²) in [6.45, 7) is 1.74. The van der Waals surface area contributed by atoms with Crippen molar-refractivity contribution >= 4 is 10.8 Å². The highest BCUT2D eigenvalue weighted by Gasteiger charge is 2.05. The van der Waals surface area contributed by atoms with E-state index >= 15 is 0 Å². The molecule has 0 aromatic heterocycles. The Morgan fingerprint density at radius 2 is 1.93 bits per heavy atom. The maximum absolute atomic E-state index is 9.53. The minimum absolute atomic E-state index is 0.250. The molecule has 2 aromatic carbocycles. The van der Waals surface area contributed by atoms with Crippen molar-refractivity contribution in [2.75, 3.05) is 0 Å². The second kappa shape index (κ2) is 3.31. The van der Waals surface area contributed by atoms with Crippen LogP contribution in [0.2, 0.25) is 0 Å². The number of aliphatic hydroxyl groups excluding tert-OH is 1. The van der Waals surface area contributed by atoms with E-state index in [1.165, 1.54) is 0 Å². The number of aliphatic hydroxyl groups is 1. The van der Waals surface area contributed by atoms with Crippen LogP contribution in [-0.4, -0.2) is 10.2 Å². The first-order chi connectivity index (χ1) is 6.68. The molecule has 2 heteroatoms. The first kappa shape index (κ1) is 9.03. The molecule has 0 spiro atoms. The summed E-state index contributed by atoms with van der Waals surface area (Å²) in [5.41, 5.74) is 0.891. The van der Waals surface area contributed by atoms with Crippen LogP contribution in [0.15, 0.2) is 36.4 Å². The minimum Gasteiger partial charge on any atom is -0.508 e. The van der Waals surface area contributed by atoms with E-state index in [2.05, 4.69) is 0 Å². The van der Waals surface area contributed by atoms with Crippen molar-refractivity contribution in [1.82, 2.24) is 0 Å². The van der Waals surface area contributed by atoms with E-state index in [1.54, 1.807) is 19.1 Å². The van der Waals surface area contributed by atoms with Crippen LogP contribution in [0.25, 0.3) is 10.8 Å².